The van der Waals surface area contributed by atoms with Gasteiger partial charge in [0, 0.05) is 24.8 Å². The topological polar surface area (TPSA) is 177 Å². The van der Waals surface area contributed by atoms with Crippen LogP contribution in [0.15, 0.2) is 66.7 Å². The minimum Gasteiger partial charge on any atom is -0.508 e. The maximum Gasteiger partial charge on any atom is 0.496 e. The molecule has 2 fully saturated rings. The lowest BCUT2D eigenvalue weighted by atomic mass is 9.89. The number of piperidine rings is 1. The number of benzene rings is 3. The van der Waals surface area contributed by atoms with Crippen LogP contribution in [0.25, 0.3) is 0 Å². The Morgan fingerprint density at radius 1 is 0.911 bits per heavy atom. The standard InChI is InChI=1S/C38H46N4O7.C2HF3O2/c1-42(24-27-13-20-34(47-2)35(23-27)48-3)21-7-10-30(25-42)41(33(36(39)44)22-26-11-16-31(43)17-12-26)38(46)40-29-14-18-32(19-15-29)49-37(45)28-8-5-4-6-9-28;3-2(4,5)1(6)7/h11-20,23,28,33H,4-10,21-22,24-25H2,1-3H3,(H2-2,39,40,43,44,46);(H,6,7)/p+2/b41-30+;/t33-,42?;/m0./s1. The number of carbonyl (C=O) groups excluding carboxylic acids is 3. The molecule has 13 nitrogen and oxygen atoms in total. The summed E-state index contributed by atoms with van der Waals surface area (Å²) in [4.78, 5) is 48.9. The number of halogens is 3. The Balaban J connectivity index is 0.000000908. The fraction of sp³-hybridized carbons (Fsp3) is 0.425. The van der Waals surface area contributed by atoms with Crippen molar-refractivity contribution in [3.05, 3.63) is 77.9 Å². The summed E-state index contributed by atoms with van der Waals surface area (Å²) >= 11 is 0. The van der Waals surface area contributed by atoms with Crippen LogP contribution in [0.4, 0.5) is 23.7 Å². The SMILES string of the molecule is COc1ccc(C[N+]2(C)CCC/C(=[N+](\C(=O)Nc3ccc(OC(=O)C4CCCCC4)cc3)[C@@H](Cc3ccc(O)cc3)C(N)=O)C2)cc1OC.O=C(O)C(F)(F)F. The predicted octanol–water partition coefficient (Wildman–Crippen LogP) is 6.05. The number of nitrogens with zero attached hydrogens (tertiary/aromatic N) is 2. The zero-order chi connectivity index (χ0) is 41.0. The predicted molar refractivity (Wildman–Crippen MR) is 200 cm³/mol. The van der Waals surface area contributed by atoms with Gasteiger partial charge >= 0.3 is 24.1 Å². The number of carboxylic acid groups (broad SMARTS) is 1. The van der Waals surface area contributed by atoms with E-state index >= 15 is 0 Å². The van der Waals surface area contributed by atoms with E-state index in [2.05, 4.69) is 12.4 Å². The van der Waals surface area contributed by atoms with Crippen LogP contribution >= 0.6 is 0 Å². The van der Waals surface area contributed by atoms with Crippen LogP contribution in [-0.4, -0.2) is 95.4 Å². The fourth-order valence-electron chi connectivity index (χ4n) is 7.02. The molecule has 2 aliphatic rings. The number of aliphatic carboxylic acids is 1. The monoisotopic (exact) mass is 786 g/mol. The lowest BCUT2D eigenvalue weighted by Crippen LogP contribution is -2.56. The van der Waals surface area contributed by atoms with E-state index in [1.54, 1.807) is 62.8 Å². The van der Waals surface area contributed by atoms with Crippen LogP contribution < -0.4 is 25.3 Å². The molecular weight excluding hydrogens is 737 g/mol. The van der Waals surface area contributed by atoms with Crippen molar-refractivity contribution >= 4 is 35.3 Å². The van der Waals surface area contributed by atoms with Crippen LogP contribution in [0, 0.1) is 5.92 Å². The largest absolute Gasteiger partial charge is 0.508 e. The summed E-state index contributed by atoms with van der Waals surface area (Å²) < 4.78 is 50.4. The molecule has 3 aromatic carbocycles. The molecule has 2 atom stereocenters. The van der Waals surface area contributed by atoms with Gasteiger partial charge in [-0.2, -0.15) is 22.5 Å². The van der Waals surface area contributed by atoms with Crippen molar-refractivity contribution < 1.29 is 65.8 Å². The Morgan fingerprint density at radius 3 is 2.09 bits per heavy atom. The summed E-state index contributed by atoms with van der Waals surface area (Å²) in [6.07, 6.45) is 1.41. The molecule has 56 heavy (non-hydrogen) atoms. The number of primary amides is 1. The van der Waals surface area contributed by atoms with E-state index < -0.39 is 30.1 Å². The van der Waals surface area contributed by atoms with Gasteiger partial charge in [0.2, 0.25) is 0 Å². The van der Waals surface area contributed by atoms with Crippen molar-refractivity contribution in [2.45, 2.75) is 70.1 Å². The van der Waals surface area contributed by atoms with E-state index in [1.165, 1.54) is 4.58 Å². The molecule has 5 rings (SSSR count). The zero-order valence-corrected chi connectivity index (χ0v) is 31.6. The van der Waals surface area contributed by atoms with Crippen LogP contribution in [0.2, 0.25) is 0 Å². The number of anilines is 1. The van der Waals surface area contributed by atoms with Gasteiger partial charge in [0.15, 0.2) is 17.5 Å². The molecule has 0 spiro atoms. The van der Waals surface area contributed by atoms with Crippen molar-refractivity contribution in [2.24, 2.45) is 11.7 Å². The van der Waals surface area contributed by atoms with Gasteiger partial charge < -0.3 is 34.6 Å². The molecule has 1 aliphatic carbocycles. The van der Waals surface area contributed by atoms with Gasteiger partial charge in [0.25, 0.3) is 5.91 Å². The number of phenolic OH excluding ortho intramolecular Hbond substituents is 1. The third kappa shape index (κ3) is 12.2. The molecule has 1 unspecified atom stereocenters. The number of esters is 1. The Bertz CT molecular complexity index is 1880. The van der Waals surface area contributed by atoms with E-state index in [0.29, 0.717) is 46.9 Å². The van der Waals surface area contributed by atoms with Crippen molar-refractivity contribution in [3.8, 4) is 23.0 Å². The molecule has 1 heterocycles. The molecule has 0 bridgehead atoms. The lowest BCUT2D eigenvalue weighted by Gasteiger charge is -2.38. The number of nitrogens with one attached hydrogen (secondary N) is 1. The number of carbonyl (C=O) groups is 4. The first kappa shape index (κ1) is 43.1. The second-order valence-electron chi connectivity index (χ2n) is 14.2. The number of carboxylic acids is 1. The summed E-state index contributed by atoms with van der Waals surface area (Å²) in [7, 11) is 5.35. The first-order valence-electron chi connectivity index (χ1n) is 18.2. The van der Waals surface area contributed by atoms with E-state index in [-0.39, 0.29) is 24.1 Å². The highest BCUT2D eigenvalue weighted by Gasteiger charge is 2.40. The first-order valence-corrected chi connectivity index (χ1v) is 18.2. The number of quaternary nitrogens is 1. The molecule has 302 valence electrons. The van der Waals surface area contributed by atoms with Gasteiger partial charge in [-0.1, -0.05) is 31.4 Å². The Labute approximate surface area is 323 Å². The second kappa shape index (κ2) is 19.3. The molecule has 3 aromatic rings. The molecule has 1 aliphatic heterocycles. The number of aromatic hydroxyl groups is 1. The molecule has 5 N–H and O–H groups in total. The van der Waals surface area contributed by atoms with Gasteiger partial charge in [0.1, 0.15) is 36.0 Å². The number of hydrogen-bond donors (Lipinski definition) is 4. The highest BCUT2D eigenvalue weighted by molar-refractivity contribution is 5.94. The Hall–Kier alpha value is -5.64. The van der Waals surface area contributed by atoms with Gasteiger partial charge in [-0.05, 0) is 73.0 Å². The second-order valence-corrected chi connectivity index (χ2v) is 14.2. The average molecular weight is 787 g/mol. The van der Waals surface area contributed by atoms with Crippen molar-refractivity contribution in [2.75, 3.05) is 39.7 Å². The zero-order valence-electron chi connectivity index (χ0n) is 31.6. The van der Waals surface area contributed by atoms with Crippen molar-refractivity contribution in [3.63, 3.8) is 0 Å². The number of phenols is 1. The van der Waals surface area contributed by atoms with Crippen molar-refractivity contribution in [1.29, 1.82) is 0 Å². The molecule has 0 aromatic heterocycles. The summed E-state index contributed by atoms with van der Waals surface area (Å²) in [6.45, 7) is 2.05. The van der Waals surface area contributed by atoms with Crippen LogP contribution in [0.3, 0.4) is 0 Å². The molecule has 1 saturated heterocycles. The number of urea groups is 1. The number of ether oxygens (including phenoxy) is 3. The van der Waals surface area contributed by atoms with Crippen LogP contribution in [-0.2, 0) is 27.3 Å². The number of likely N-dealkylation sites (tertiary alicyclic amines) is 1. The first-order chi connectivity index (χ1) is 26.5. The van der Waals surface area contributed by atoms with Gasteiger partial charge in [-0.3, -0.25) is 9.59 Å². The van der Waals surface area contributed by atoms with Gasteiger partial charge in [-0.25, -0.2) is 10.1 Å². The minimum absolute atomic E-state index is 0.0793. The molecule has 0 radical (unpaired) electrons. The third-order valence-corrected chi connectivity index (χ3v) is 9.81. The average Bonchev–Trinajstić information content (AvgIpc) is 3.16. The fourth-order valence-corrected chi connectivity index (χ4v) is 7.02. The maximum atomic E-state index is 14.2. The number of methoxy groups -OCH3 is 2. The van der Waals surface area contributed by atoms with E-state index in [0.717, 1.165) is 61.9 Å². The number of alkyl halides is 3. The third-order valence-electron chi connectivity index (χ3n) is 9.81. The highest BCUT2D eigenvalue weighted by atomic mass is 19.4. The molecular formula is C40H49F3N4O9+2. The molecule has 1 saturated carbocycles. The normalized spacial score (nSPS) is 18.7. The number of rotatable bonds is 11. The number of amides is 3. The number of hydrogen-bond acceptors (Lipinski definition) is 8. The minimum atomic E-state index is -5.08. The lowest BCUT2D eigenvalue weighted by molar-refractivity contribution is -0.918. The Kier molecular flexibility index (Phi) is 14.8. The van der Waals surface area contributed by atoms with Gasteiger partial charge in [0.05, 0.1) is 33.7 Å². The molecule has 3 amide bonds. The molecule has 16 heteroatoms. The van der Waals surface area contributed by atoms with Crippen molar-refractivity contribution in [1.82, 2.24) is 0 Å². The van der Waals surface area contributed by atoms with Crippen LogP contribution in [0.1, 0.15) is 56.1 Å². The van der Waals surface area contributed by atoms with E-state index in [4.69, 9.17) is 29.8 Å². The summed E-state index contributed by atoms with van der Waals surface area (Å²) in [5.41, 5.74) is 9.12. The van der Waals surface area contributed by atoms with Gasteiger partial charge in [-0.15, -0.1) is 0 Å². The number of nitrogens with two attached hydrogens (primary N) is 1. The summed E-state index contributed by atoms with van der Waals surface area (Å²) in [6, 6.07) is 17.6. The summed E-state index contributed by atoms with van der Waals surface area (Å²) in [5.74, 6) is -1.88. The Morgan fingerprint density at radius 2 is 1.52 bits per heavy atom. The van der Waals surface area contributed by atoms with Crippen LogP contribution in [0.5, 0.6) is 23.0 Å². The maximum absolute atomic E-state index is 14.2. The van der Waals surface area contributed by atoms with E-state index in [9.17, 15) is 32.7 Å². The highest BCUT2D eigenvalue weighted by Crippen LogP contribution is 2.30. The quantitative estimate of drug-likeness (QED) is 0.0780. The summed E-state index contributed by atoms with van der Waals surface area (Å²) in [5, 5.41) is 19.9. The van der Waals surface area contributed by atoms with E-state index in [1.807, 2.05) is 18.2 Å². The smallest absolute Gasteiger partial charge is 0.496 e.